The molecule has 5 rings (SSSR count). The molecule has 0 spiro atoms. The minimum Gasteiger partial charge on any atom is -0.493 e. The molecule has 0 N–H and O–H groups in total. The van der Waals surface area contributed by atoms with Crippen LogP contribution in [0.2, 0.25) is 10.0 Å². The molecule has 0 radical (unpaired) electrons. The number of hydrazone groups is 1. The first-order valence-corrected chi connectivity index (χ1v) is 11.1. The Morgan fingerprint density at radius 1 is 0.970 bits per heavy atom. The summed E-state index contributed by atoms with van der Waals surface area (Å²) in [5.74, 6) is 1.66. The first kappa shape index (κ1) is 21.6. The van der Waals surface area contributed by atoms with E-state index in [-0.39, 0.29) is 11.8 Å². The largest absolute Gasteiger partial charge is 0.493 e. The Morgan fingerprint density at radius 3 is 2.42 bits per heavy atom. The molecule has 0 saturated heterocycles. The lowest BCUT2D eigenvalue weighted by Crippen LogP contribution is -2.45. The third kappa shape index (κ3) is 3.90. The summed E-state index contributed by atoms with van der Waals surface area (Å²) in [4.78, 5) is 13.4. The maximum atomic E-state index is 13.4. The van der Waals surface area contributed by atoms with E-state index in [0.29, 0.717) is 39.3 Å². The van der Waals surface area contributed by atoms with E-state index in [1.54, 1.807) is 55.6 Å². The van der Waals surface area contributed by atoms with Gasteiger partial charge in [0, 0.05) is 33.2 Å². The minimum absolute atomic E-state index is 0.197. The van der Waals surface area contributed by atoms with E-state index in [2.05, 4.69) is 0 Å². The zero-order valence-electron chi connectivity index (χ0n) is 17.9. The summed E-state index contributed by atoms with van der Waals surface area (Å²) in [5, 5.41) is 7.70. The summed E-state index contributed by atoms with van der Waals surface area (Å²) in [6.07, 6.45) is -0.334. The molecule has 0 aromatic heterocycles. The number of nitrogens with zero attached hydrogens (tertiary/aromatic N) is 2. The summed E-state index contributed by atoms with van der Waals surface area (Å²) in [6.45, 7) is 0. The van der Waals surface area contributed by atoms with E-state index >= 15 is 0 Å². The zero-order chi connectivity index (χ0) is 23.1. The van der Waals surface area contributed by atoms with Crippen LogP contribution in [0.25, 0.3) is 0 Å². The predicted molar refractivity (Wildman–Crippen MR) is 127 cm³/mol. The van der Waals surface area contributed by atoms with E-state index in [1.165, 1.54) is 0 Å². The second kappa shape index (κ2) is 8.61. The van der Waals surface area contributed by atoms with Crippen molar-refractivity contribution in [2.75, 3.05) is 14.2 Å². The Hall–Kier alpha value is -3.22. The number of fused-ring (bicyclic) bond motifs is 3. The lowest BCUT2D eigenvalue weighted by molar-refractivity contribution is -0.00455. The maximum Gasteiger partial charge on any atom is 0.251 e. The standard InChI is InChI=1S/C25H20Cl2N2O4/c1-31-22-9-5-15(11-23(22)32-2)19-13-20-18-12-17(27)8-10-21(18)33-25(29(20)28-19)24(30)14-3-6-16(26)7-4-14/h3-12,20,25H,13H2,1-2H3. The predicted octanol–water partition coefficient (Wildman–Crippen LogP) is 5.76. The average molecular weight is 483 g/mol. The van der Waals surface area contributed by atoms with Gasteiger partial charge in [-0.15, -0.1) is 0 Å². The van der Waals surface area contributed by atoms with Gasteiger partial charge in [0.2, 0.25) is 5.78 Å². The molecular formula is C25H20Cl2N2O4. The molecule has 0 aliphatic carbocycles. The van der Waals surface area contributed by atoms with Crippen molar-refractivity contribution in [1.82, 2.24) is 5.01 Å². The van der Waals surface area contributed by atoms with E-state index in [1.807, 2.05) is 24.3 Å². The monoisotopic (exact) mass is 482 g/mol. The first-order chi connectivity index (χ1) is 16.0. The van der Waals surface area contributed by atoms with Crippen molar-refractivity contribution in [3.05, 3.63) is 87.4 Å². The Morgan fingerprint density at radius 2 is 1.70 bits per heavy atom. The number of rotatable bonds is 5. The van der Waals surface area contributed by atoms with Crippen LogP contribution in [0.1, 0.15) is 33.9 Å². The first-order valence-electron chi connectivity index (χ1n) is 10.3. The lowest BCUT2D eigenvalue weighted by Gasteiger charge is -2.37. The van der Waals surface area contributed by atoms with Crippen molar-refractivity contribution in [3.63, 3.8) is 0 Å². The van der Waals surface area contributed by atoms with Gasteiger partial charge in [0.05, 0.1) is 26.0 Å². The van der Waals surface area contributed by atoms with Crippen LogP contribution < -0.4 is 14.2 Å². The number of Topliss-reactive ketones (excluding diaryl/α,β-unsaturated/α-hetero) is 1. The molecule has 33 heavy (non-hydrogen) atoms. The number of ether oxygens (including phenoxy) is 3. The fourth-order valence-corrected chi connectivity index (χ4v) is 4.48. The van der Waals surface area contributed by atoms with Crippen molar-refractivity contribution in [3.8, 4) is 17.2 Å². The van der Waals surface area contributed by atoms with Gasteiger partial charge in [-0.3, -0.25) is 4.79 Å². The van der Waals surface area contributed by atoms with Gasteiger partial charge in [0.15, 0.2) is 11.5 Å². The highest BCUT2D eigenvalue weighted by atomic mass is 35.5. The van der Waals surface area contributed by atoms with E-state index in [0.717, 1.165) is 16.8 Å². The van der Waals surface area contributed by atoms with Crippen molar-refractivity contribution in [1.29, 1.82) is 0 Å². The highest BCUT2D eigenvalue weighted by Crippen LogP contribution is 2.45. The van der Waals surface area contributed by atoms with Gasteiger partial charge in [-0.1, -0.05) is 23.2 Å². The molecule has 0 saturated carbocycles. The summed E-state index contributed by atoms with van der Waals surface area (Å²) in [5.41, 5.74) is 3.08. The molecule has 0 fully saturated rings. The fraction of sp³-hybridized carbons (Fsp3) is 0.200. The van der Waals surface area contributed by atoms with Crippen LogP contribution >= 0.6 is 23.2 Å². The van der Waals surface area contributed by atoms with Gasteiger partial charge in [0.25, 0.3) is 6.23 Å². The Balaban J connectivity index is 1.56. The number of carbonyl (C=O) groups is 1. The third-order valence-electron chi connectivity index (χ3n) is 5.82. The normalized spacial score (nSPS) is 18.7. The van der Waals surface area contributed by atoms with Crippen LogP contribution in [-0.2, 0) is 0 Å². The molecule has 3 aromatic rings. The number of hydrogen-bond donors (Lipinski definition) is 0. The molecule has 2 unspecified atom stereocenters. The topological polar surface area (TPSA) is 60.4 Å². The van der Waals surface area contributed by atoms with Crippen molar-refractivity contribution in [2.24, 2.45) is 5.10 Å². The second-order valence-electron chi connectivity index (χ2n) is 7.74. The van der Waals surface area contributed by atoms with Gasteiger partial charge < -0.3 is 14.2 Å². The lowest BCUT2D eigenvalue weighted by atomic mass is 9.95. The second-order valence-corrected chi connectivity index (χ2v) is 8.61. The van der Waals surface area contributed by atoms with Gasteiger partial charge in [-0.25, -0.2) is 5.01 Å². The Labute approximate surface area is 201 Å². The van der Waals surface area contributed by atoms with Crippen LogP contribution in [-0.4, -0.2) is 37.0 Å². The van der Waals surface area contributed by atoms with Gasteiger partial charge in [-0.2, -0.15) is 5.10 Å². The van der Waals surface area contributed by atoms with Crippen LogP contribution in [0, 0.1) is 0 Å². The Kier molecular flexibility index (Phi) is 5.64. The van der Waals surface area contributed by atoms with Crippen LogP contribution in [0.5, 0.6) is 17.2 Å². The molecule has 3 aromatic carbocycles. The number of carbonyl (C=O) groups excluding carboxylic acids is 1. The molecule has 6 nitrogen and oxygen atoms in total. The number of methoxy groups -OCH3 is 2. The number of halogens is 2. The highest BCUT2D eigenvalue weighted by molar-refractivity contribution is 6.31. The minimum atomic E-state index is -0.914. The van der Waals surface area contributed by atoms with Crippen LogP contribution in [0.15, 0.2) is 65.8 Å². The van der Waals surface area contributed by atoms with Crippen molar-refractivity contribution < 1.29 is 19.0 Å². The van der Waals surface area contributed by atoms with E-state index < -0.39 is 6.23 Å². The molecule has 8 heteroatoms. The van der Waals surface area contributed by atoms with Crippen LogP contribution in [0.3, 0.4) is 0 Å². The summed E-state index contributed by atoms with van der Waals surface area (Å²) in [7, 11) is 3.18. The van der Waals surface area contributed by atoms with Crippen LogP contribution in [0.4, 0.5) is 0 Å². The molecule has 2 aliphatic heterocycles. The molecule has 2 aliphatic rings. The number of benzene rings is 3. The maximum absolute atomic E-state index is 13.4. The third-order valence-corrected chi connectivity index (χ3v) is 6.31. The van der Waals surface area contributed by atoms with Gasteiger partial charge in [0.1, 0.15) is 5.75 Å². The van der Waals surface area contributed by atoms with Crippen molar-refractivity contribution >= 4 is 34.7 Å². The van der Waals surface area contributed by atoms with Gasteiger partial charge in [-0.05, 0) is 60.7 Å². The molecule has 168 valence electrons. The number of hydrogen-bond acceptors (Lipinski definition) is 6. The molecule has 2 atom stereocenters. The summed E-state index contributed by atoms with van der Waals surface area (Å²) < 4.78 is 16.9. The fourth-order valence-electron chi connectivity index (χ4n) is 4.18. The Bertz CT molecular complexity index is 1260. The quantitative estimate of drug-likeness (QED) is 0.432. The van der Waals surface area contributed by atoms with E-state index in [4.69, 9.17) is 42.5 Å². The van der Waals surface area contributed by atoms with E-state index in [9.17, 15) is 4.79 Å². The highest BCUT2D eigenvalue weighted by Gasteiger charge is 2.43. The smallest absolute Gasteiger partial charge is 0.251 e. The SMILES string of the molecule is COc1ccc(C2=NN3C(C(=O)c4ccc(Cl)cc4)Oc4ccc(Cl)cc4C3C2)cc1OC. The molecule has 2 heterocycles. The summed E-state index contributed by atoms with van der Waals surface area (Å²) >= 11 is 12.3. The van der Waals surface area contributed by atoms with Gasteiger partial charge >= 0.3 is 0 Å². The molecular weight excluding hydrogens is 463 g/mol. The zero-order valence-corrected chi connectivity index (χ0v) is 19.4. The number of ketones is 1. The van der Waals surface area contributed by atoms with Crippen molar-refractivity contribution in [2.45, 2.75) is 18.7 Å². The molecule has 0 bridgehead atoms. The average Bonchev–Trinajstić information content (AvgIpc) is 3.29. The summed E-state index contributed by atoms with van der Waals surface area (Å²) in [6, 6.07) is 17.6. The molecule has 0 amide bonds.